The highest BCUT2D eigenvalue weighted by Gasteiger charge is 2.16. The molecular weight excluding hydrogens is 695 g/mol. The van der Waals surface area contributed by atoms with E-state index in [1.54, 1.807) is 0 Å². The summed E-state index contributed by atoms with van der Waals surface area (Å²) >= 11 is 0. The quantitative estimate of drug-likeness (QED) is 0.171. The molecular formula is C53H33N3O. The van der Waals surface area contributed by atoms with Gasteiger partial charge in [-0.1, -0.05) is 170 Å². The van der Waals surface area contributed by atoms with Gasteiger partial charge in [0.2, 0.25) is 0 Å². The number of rotatable bonds is 6. The number of benzene rings is 9. The molecule has 11 aromatic rings. The molecule has 0 unspecified atom stereocenters. The van der Waals surface area contributed by atoms with Crippen molar-refractivity contribution in [3.8, 4) is 67.5 Å². The zero-order valence-corrected chi connectivity index (χ0v) is 30.8. The van der Waals surface area contributed by atoms with Crippen LogP contribution in [0.5, 0.6) is 0 Å². The van der Waals surface area contributed by atoms with Crippen LogP contribution in [-0.4, -0.2) is 15.0 Å². The lowest BCUT2D eigenvalue weighted by Gasteiger charge is -2.11. The van der Waals surface area contributed by atoms with Gasteiger partial charge in [-0.2, -0.15) is 0 Å². The van der Waals surface area contributed by atoms with Crippen LogP contribution in [0.3, 0.4) is 0 Å². The third-order valence-corrected chi connectivity index (χ3v) is 10.9. The van der Waals surface area contributed by atoms with E-state index in [2.05, 4.69) is 164 Å². The van der Waals surface area contributed by atoms with Gasteiger partial charge in [-0.3, -0.25) is 0 Å². The maximum absolute atomic E-state index is 6.43. The van der Waals surface area contributed by atoms with Crippen LogP contribution in [-0.2, 0) is 0 Å². The lowest BCUT2D eigenvalue weighted by Crippen LogP contribution is -2.00. The number of furan rings is 1. The Morgan fingerprint density at radius 3 is 1.60 bits per heavy atom. The fraction of sp³-hybridized carbons (Fsp3) is 0. The van der Waals surface area contributed by atoms with Crippen LogP contribution in [0.1, 0.15) is 0 Å². The van der Waals surface area contributed by atoms with Crippen LogP contribution >= 0.6 is 0 Å². The molecule has 0 radical (unpaired) electrons. The van der Waals surface area contributed by atoms with E-state index in [9.17, 15) is 0 Å². The molecule has 57 heavy (non-hydrogen) atoms. The summed E-state index contributed by atoms with van der Waals surface area (Å²) in [5, 5.41) is 6.93. The summed E-state index contributed by atoms with van der Waals surface area (Å²) in [6.07, 6.45) is 0. The van der Waals surface area contributed by atoms with Crippen molar-refractivity contribution in [3.05, 3.63) is 200 Å². The van der Waals surface area contributed by atoms with Gasteiger partial charge in [0, 0.05) is 27.5 Å². The predicted molar refractivity (Wildman–Crippen MR) is 235 cm³/mol. The van der Waals surface area contributed by atoms with E-state index in [1.165, 1.54) is 21.9 Å². The lowest BCUT2D eigenvalue weighted by molar-refractivity contribution is 0.669. The van der Waals surface area contributed by atoms with Crippen LogP contribution in [0.2, 0.25) is 0 Å². The number of fused-ring (bicyclic) bond motifs is 5. The van der Waals surface area contributed by atoms with Crippen molar-refractivity contribution in [1.82, 2.24) is 15.0 Å². The highest BCUT2D eigenvalue weighted by atomic mass is 16.3. The maximum atomic E-state index is 6.43. The summed E-state index contributed by atoms with van der Waals surface area (Å²) in [6, 6.07) is 70.0. The first kappa shape index (κ1) is 32.7. The van der Waals surface area contributed by atoms with Gasteiger partial charge in [0.25, 0.3) is 0 Å². The van der Waals surface area contributed by atoms with Gasteiger partial charge in [0.05, 0.1) is 0 Å². The summed E-state index contributed by atoms with van der Waals surface area (Å²) < 4.78 is 6.43. The molecule has 0 aliphatic rings. The van der Waals surface area contributed by atoms with Gasteiger partial charge in [0.1, 0.15) is 11.2 Å². The third-order valence-electron chi connectivity index (χ3n) is 10.9. The van der Waals surface area contributed by atoms with Crippen LogP contribution in [0.4, 0.5) is 0 Å². The molecule has 0 fully saturated rings. The first-order chi connectivity index (χ1) is 28.2. The second-order valence-electron chi connectivity index (χ2n) is 14.4. The van der Waals surface area contributed by atoms with E-state index in [1.807, 2.05) is 36.4 Å². The molecule has 11 rings (SSSR count). The molecule has 0 aliphatic heterocycles. The Morgan fingerprint density at radius 1 is 0.281 bits per heavy atom. The topological polar surface area (TPSA) is 51.8 Å². The van der Waals surface area contributed by atoms with Crippen LogP contribution in [0.25, 0.3) is 111 Å². The minimum atomic E-state index is 0.632. The fourth-order valence-electron chi connectivity index (χ4n) is 8.06. The first-order valence-corrected chi connectivity index (χ1v) is 19.2. The summed E-state index contributed by atoms with van der Waals surface area (Å²) in [5.41, 5.74) is 11.5. The molecule has 0 saturated heterocycles. The monoisotopic (exact) mass is 727 g/mol. The maximum Gasteiger partial charge on any atom is 0.164 e. The van der Waals surface area contributed by atoms with E-state index in [-0.39, 0.29) is 0 Å². The Balaban J connectivity index is 0.966. The van der Waals surface area contributed by atoms with Crippen molar-refractivity contribution in [2.45, 2.75) is 0 Å². The van der Waals surface area contributed by atoms with Crippen molar-refractivity contribution >= 4 is 43.5 Å². The number of aromatic nitrogens is 3. The lowest BCUT2D eigenvalue weighted by atomic mass is 9.96. The summed E-state index contributed by atoms with van der Waals surface area (Å²) in [7, 11) is 0. The molecule has 4 heteroatoms. The molecule has 266 valence electrons. The van der Waals surface area contributed by atoms with E-state index < -0.39 is 0 Å². The minimum Gasteiger partial charge on any atom is -0.456 e. The van der Waals surface area contributed by atoms with E-state index >= 15 is 0 Å². The number of nitrogens with zero attached hydrogens (tertiary/aromatic N) is 3. The molecule has 2 heterocycles. The molecule has 0 atom stereocenters. The predicted octanol–water partition coefficient (Wildman–Crippen LogP) is 14.1. The van der Waals surface area contributed by atoms with Crippen LogP contribution in [0.15, 0.2) is 205 Å². The van der Waals surface area contributed by atoms with Gasteiger partial charge in [0.15, 0.2) is 17.5 Å². The number of hydrogen-bond acceptors (Lipinski definition) is 4. The van der Waals surface area contributed by atoms with Crippen LogP contribution < -0.4 is 0 Å². The van der Waals surface area contributed by atoms with Crippen molar-refractivity contribution in [3.63, 3.8) is 0 Å². The molecule has 4 nitrogen and oxygen atoms in total. The molecule has 0 spiro atoms. The molecule has 9 aromatic carbocycles. The first-order valence-electron chi connectivity index (χ1n) is 19.2. The Labute approximate surface area is 329 Å². The SMILES string of the molecule is c1ccc(-c2ccc3c(c2)oc2cccc(-c4ccc5cc(-c6nc(-c7ccccc7)nc(-c7ccc(-c8cccc9ccccc89)cc7)n6)ccc5c4)c23)cc1. The van der Waals surface area contributed by atoms with Gasteiger partial charge in [-0.25, -0.2) is 15.0 Å². The Kier molecular flexibility index (Phi) is 7.78. The van der Waals surface area contributed by atoms with Gasteiger partial charge in [-0.05, 0) is 85.3 Å². The molecule has 0 aliphatic carbocycles. The minimum absolute atomic E-state index is 0.632. The molecule has 0 N–H and O–H groups in total. The number of hydrogen-bond donors (Lipinski definition) is 0. The molecule has 0 amide bonds. The second-order valence-corrected chi connectivity index (χ2v) is 14.4. The molecule has 0 saturated carbocycles. The zero-order valence-electron chi connectivity index (χ0n) is 30.8. The van der Waals surface area contributed by atoms with Gasteiger partial charge >= 0.3 is 0 Å². The highest BCUT2D eigenvalue weighted by Crippen LogP contribution is 2.39. The van der Waals surface area contributed by atoms with Crippen molar-refractivity contribution < 1.29 is 4.42 Å². The fourth-order valence-corrected chi connectivity index (χ4v) is 8.06. The summed E-state index contributed by atoms with van der Waals surface area (Å²) in [4.78, 5) is 15.1. The molecule has 0 bridgehead atoms. The van der Waals surface area contributed by atoms with E-state index in [0.29, 0.717) is 17.5 Å². The smallest absolute Gasteiger partial charge is 0.164 e. The second kappa shape index (κ2) is 13.6. The van der Waals surface area contributed by atoms with E-state index in [0.717, 1.165) is 71.7 Å². The summed E-state index contributed by atoms with van der Waals surface area (Å²) in [5.74, 6) is 1.91. The van der Waals surface area contributed by atoms with Crippen LogP contribution in [0, 0.1) is 0 Å². The highest BCUT2D eigenvalue weighted by molar-refractivity contribution is 6.13. The largest absolute Gasteiger partial charge is 0.456 e. The Morgan fingerprint density at radius 2 is 0.825 bits per heavy atom. The summed E-state index contributed by atoms with van der Waals surface area (Å²) in [6.45, 7) is 0. The average Bonchev–Trinajstić information content (AvgIpc) is 3.67. The van der Waals surface area contributed by atoms with Crippen molar-refractivity contribution in [1.29, 1.82) is 0 Å². The average molecular weight is 728 g/mol. The molecule has 2 aromatic heterocycles. The third kappa shape index (κ3) is 5.92. The van der Waals surface area contributed by atoms with Gasteiger partial charge in [-0.15, -0.1) is 0 Å². The van der Waals surface area contributed by atoms with E-state index in [4.69, 9.17) is 19.4 Å². The van der Waals surface area contributed by atoms with Crippen molar-refractivity contribution in [2.24, 2.45) is 0 Å². The standard InChI is InChI=1S/C53H33N3O/c1-3-11-34(12-4-1)41-29-30-47-49(33-41)57-48-20-10-19-46(50(47)48)42-27-25-40-32-43(28-26-39(40)31-42)53-55-51(37-14-5-2-6-15-37)54-52(56-53)38-23-21-36(22-24-38)45-18-9-16-35-13-7-8-17-44(35)45/h1-33H. The van der Waals surface area contributed by atoms with Crippen molar-refractivity contribution in [2.75, 3.05) is 0 Å². The Hall–Kier alpha value is -7.69. The Bertz CT molecular complexity index is 3270. The zero-order chi connectivity index (χ0) is 37.7. The van der Waals surface area contributed by atoms with Gasteiger partial charge < -0.3 is 4.42 Å². The normalized spacial score (nSPS) is 11.5.